The molecule has 7 nitrogen and oxygen atoms in total. The van der Waals surface area contributed by atoms with Gasteiger partial charge in [0.2, 0.25) is 0 Å². The lowest BCUT2D eigenvalue weighted by molar-refractivity contribution is 0.206. The first-order valence-electron chi connectivity index (χ1n) is 10.4. The first kappa shape index (κ1) is 25.2. The van der Waals surface area contributed by atoms with E-state index in [9.17, 15) is 0 Å². The molecule has 9 heteroatoms. The van der Waals surface area contributed by atoms with Gasteiger partial charge in [0.25, 0.3) is 0 Å². The summed E-state index contributed by atoms with van der Waals surface area (Å²) in [5.41, 5.74) is 0.875. The topological polar surface area (TPSA) is 75.8 Å². The molecule has 0 aliphatic carbocycles. The molecule has 0 saturated heterocycles. The maximum atomic E-state index is 6.20. The summed E-state index contributed by atoms with van der Waals surface area (Å²) in [6.07, 6.45) is 4.56. The van der Waals surface area contributed by atoms with Gasteiger partial charge in [-0.2, -0.15) is 0 Å². The molecule has 0 fully saturated rings. The first-order chi connectivity index (χ1) is 14.7. The number of hydrogen-bond acceptors (Lipinski definition) is 4. The molecule has 168 valence electrons. The normalized spacial score (nSPS) is 12.3. The number of benzene rings is 1. The molecule has 0 bridgehead atoms. The highest BCUT2D eigenvalue weighted by molar-refractivity contribution is 14.0. The Hall–Kier alpha value is -2.07. The number of fused-ring (bicyclic) bond motifs is 1. The fraction of sp³-hybridized carbons (Fsp3) is 0.409. The van der Waals surface area contributed by atoms with Crippen molar-refractivity contribution < 1.29 is 4.74 Å². The van der Waals surface area contributed by atoms with Gasteiger partial charge in [-0.1, -0.05) is 36.7 Å². The Morgan fingerprint density at radius 3 is 2.71 bits per heavy atom. The van der Waals surface area contributed by atoms with Crippen molar-refractivity contribution in [3.8, 4) is 5.75 Å². The van der Waals surface area contributed by atoms with E-state index in [1.165, 1.54) is 0 Å². The average Bonchev–Trinajstić information content (AvgIpc) is 3.18. The number of guanidine groups is 1. The number of nitrogens with one attached hydrogen (secondary N) is 2. The Morgan fingerprint density at radius 1 is 1.13 bits per heavy atom. The van der Waals surface area contributed by atoms with Crippen LogP contribution in [-0.4, -0.2) is 46.3 Å². The molecule has 1 aromatic carbocycles. The van der Waals surface area contributed by atoms with E-state index in [-0.39, 0.29) is 30.1 Å². The predicted molar refractivity (Wildman–Crippen MR) is 137 cm³/mol. The van der Waals surface area contributed by atoms with Crippen molar-refractivity contribution in [3.63, 3.8) is 0 Å². The molecule has 2 aromatic heterocycles. The van der Waals surface area contributed by atoms with Gasteiger partial charge in [-0.3, -0.25) is 4.40 Å². The van der Waals surface area contributed by atoms with E-state index in [0.717, 1.165) is 49.8 Å². The standard InChI is InChI=1S/C22H29ClN6O.HI/c1-3-17(30-19-11-6-5-10-18(19)23)16-26-22(24-4-2)25-14-9-13-21-28-27-20-12-7-8-15-29(20)21;/h5-8,10-12,15,17H,3-4,9,13-14,16H2,1-2H3,(H2,24,25,26);1H. The lowest BCUT2D eigenvalue weighted by Gasteiger charge is -2.18. The van der Waals surface area contributed by atoms with Gasteiger partial charge in [-0.15, -0.1) is 34.2 Å². The van der Waals surface area contributed by atoms with E-state index in [0.29, 0.717) is 17.3 Å². The maximum Gasteiger partial charge on any atom is 0.191 e. The molecule has 3 aromatic rings. The molecule has 1 unspecified atom stereocenters. The number of aromatic nitrogens is 3. The van der Waals surface area contributed by atoms with Crippen molar-refractivity contribution >= 4 is 47.2 Å². The summed E-state index contributed by atoms with van der Waals surface area (Å²) in [6, 6.07) is 13.4. The summed E-state index contributed by atoms with van der Waals surface area (Å²) in [6.45, 7) is 6.27. The van der Waals surface area contributed by atoms with E-state index in [1.807, 2.05) is 53.1 Å². The van der Waals surface area contributed by atoms with E-state index in [1.54, 1.807) is 0 Å². The fourth-order valence-electron chi connectivity index (χ4n) is 3.02. The second-order valence-corrected chi connectivity index (χ2v) is 7.28. The number of para-hydroxylation sites is 1. The van der Waals surface area contributed by atoms with Crippen LogP contribution in [0.1, 0.15) is 32.5 Å². The van der Waals surface area contributed by atoms with E-state index in [2.05, 4.69) is 39.7 Å². The van der Waals surface area contributed by atoms with Gasteiger partial charge in [0, 0.05) is 25.7 Å². The number of pyridine rings is 1. The summed E-state index contributed by atoms with van der Waals surface area (Å²) in [5.74, 6) is 2.44. The molecule has 2 N–H and O–H groups in total. The molecule has 31 heavy (non-hydrogen) atoms. The third kappa shape index (κ3) is 7.53. The third-order valence-corrected chi connectivity index (χ3v) is 4.95. The molecule has 1 atom stereocenters. The Kier molecular flexibility index (Phi) is 10.9. The van der Waals surface area contributed by atoms with Crippen LogP contribution >= 0.6 is 35.6 Å². The van der Waals surface area contributed by atoms with Crippen LogP contribution < -0.4 is 15.4 Å². The molecule has 0 aliphatic rings. The van der Waals surface area contributed by atoms with Crippen LogP contribution in [0.3, 0.4) is 0 Å². The monoisotopic (exact) mass is 556 g/mol. The van der Waals surface area contributed by atoms with Crippen LogP contribution in [0, 0.1) is 0 Å². The highest BCUT2D eigenvalue weighted by atomic mass is 127. The minimum absolute atomic E-state index is 0. The number of halogens is 2. The Morgan fingerprint density at radius 2 is 1.94 bits per heavy atom. The molecular formula is C22H30ClIN6O. The minimum Gasteiger partial charge on any atom is -0.487 e. The number of nitrogens with zero attached hydrogens (tertiary/aromatic N) is 4. The second kappa shape index (κ2) is 13.4. The highest BCUT2D eigenvalue weighted by Crippen LogP contribution is 2.24. The zero-order valence-corrected chi connectivity index (χ0v) is 21.0. The van der Waals surface area contributed by atoms with E-state index >= 15 is 0 Å². The number of aliphatic imine (C=N–C) groups is 1. The zero-order chi connectivity index (χ0) is 21.2. The Bertz CT molecular complexity index is 964. The number of hydrogen-bond donors (Lipinski definition) is 2. The van der Waals surface area contributed by atoms with Gasteiger partial charge in [0.15, 0.2) is 11.6 Å². The van der Waals surface area contributed by atoms with Gasteiger partial charge in [-0.05, 0) is 44.0 Å². The van der Waals surface area contributed by atoms with Crippen molar-refractivity contribution in [2.24, 2.45) is 4.99 Å². The minimum atomic E-state index is -0.0392. The van der Waals surface area contributed by atoms with Crippen molar-refractivity contribution in [2.75, 3.05) is 19.6 Å². The molecule has 0 radical (unpaired) electrons. The van der Waals surface area contributed by atoms with Crippen LogP contribution in [0.4, 0.5) is 0 Å². The van der Waals surface area contributed by atoms with Crippen LogP contribution in [0.25, 0.3) is 5.65 Å². The molecular weight excluding hydrogens is 527 g/mol. The predicted octanol–water partition coefficient (Wildman–Crippen LogP) is 4.35. The molecule has 0 saturated carbocycles. The summed E-state index contributed by atoms with van der Waals surface area (Å²) < 4.78 is 8.05. The van der Waals surface area contributed by atoms with Gasteiger partial charge in [-0.25, -0.2) is 4.99 Å². The van der Waals surface area contributed by atoms with Crippen LogP contribution in [-0.2, 0) is 6.42 Å². The van der Waals surface area contributed by atoms with E-state index < -0.39 is 0 Å². The lowest BCUT2D eigenvalue weighted by atomic mass is 10.2. The Labute approximate surface area is 205 Å². The van der Waals surface area contributed by atoms with Gasteiger partial charge in [0.1, 0.15) is 17.7 Å². The lowest BCUT2D eigenvalue weighted by Crippen LogP contribution is -2.38. The fourth-order valence-corrected chi connectivity index (χ4v) is 3.20. The van der Waals surface area contributed by atoms with Gasteiger partial charge >= 0.3 is 0 Å². The average molecular weight is 557 g/mol. The van der Waals surface area contributed by atoms with Gasteiger partial charge < -0.3 is 15.4 Å². The maximum absolute atomic E-state index is 6.20. The highest BCUT2D eigenvalue weighted by Gasteiger charge is 2.11. The van der Waals surface area contributed by atoms with Crippen LogP contribution in [0.15, 0.2) is 53.7 Å². The van der Waals surface area contributed by atoms with Crippen LogP contribution in [0.2, 0.25) is 5.02 Å². The van der Waals surface area contributed by atoms with E-state index in [4.69, 9.17) is 16.3 Å². The van der Waals surface area contributed by atoms with Crippen LogP contribution in [0.5, 0.6) is 5.75 Å². The molecule has 0 aliphatic heterocycles. The molecule has 0 spiro atoms. The van der Waals surface area contributed by atoms with Crippen molar-refractivity contribution in [1.82, 2.24) is 25.2 Å². The van der Waals surface area contributed by atoms with Crippen molar-refractivity contribution in [3.05, 3.63) is 59.5 Å². The van der Waals surface area contributed by atoms with Crippen molar-refractivity contribution in [2.45, 2.75) is 39.2 Å². The smallest absolute Gasteiger partial charge is 0.191 e. The third-order valence-electron chi connectivity index (χ3n) is 4.64. The Balaban J connectivity index is 0.00000341. The second-order valence-electron chi connectivity index (χ2n) is 6.87. The number of aryl methyl sites for hydroxylation is 1. The summed E-state index contributed by atoms with van der Waals surface area (Å²) >= 11 is 6.20. The molecule has 0 amide bonds. The number of ether oxygens (including phenoxy) is 1. The van der Waals surface area contributed by atoms with Crippen molar-refractivity contribution in [1.29, 1.82) is 0 Å². The largest absolute Gasteiger partial charge is 0.487 e. The number of rotatable bonds is 10. The van der Waals surface area contributed by atoms with Gasteiger partial charge in [0.05, 0.1) is 11.6 Å². The zero-order valence-electron chi connectivity index (χ0n) is 17.9. The quantitative estimate of drug-likeness (QED) is 0.168. The molecule has 2 heterocycles. The summed E-state index contributed by atoms with van der Waals surface area (Å²) in [4.78, 5) is 4.69. The first-order valence-corrected chi connectivity index (χ1v) is 10.8. The summed E-state index contributed by atoms with van der Waals surface area (Å²) in [7, 11) is 0. The summed E-state index contributed by atoms with van der Waals surface area (Å²) in [5, 5.41) is 15.8. The molecule has 3 rings (SSSR count). The SMILES string of the molecule is CCNC(=NCC(CC)Oc1ccccc1Cl)NCCCc1nnc2ccccn12.I.